The lowest BCUT2D eigenvalue weighted by atomic mass is 10.2. The topological polar surface area (TPSA) is 63.4 Å². The molecule has 3 aromatic rings. The summed E-state index contributed by atoms with van der Waals surface area (Å²) in [5.74, 6) is 0.110. The predicted octanol–water partition coefficient (Wildman–Crippen LogP) is 3.86. The van der Waals surface area contributed by atoms with Gasteiger partial charge in [0.25, 0.3) is 0 Å². The molecule has 1 aromatic carbocycles. The average Bonchev–Trinajstić information content (AvgIpc) is 3.10. The highest BCUT2D eigenvalue weighted by atomic mass is 35.5. The molecule has 0 atom stereocenters. The predicted molar refractivity (Wildman–Crippen MR) is 90.8 cm³/mol. The van der Waals surface area contributed by atoms with Crippen LogP contribution in [-0.4, -0.2) is 17.7 Å². The number of nitrogens with zero attached hydrogens (tertiary/aromatic N) is 2. The zero-order valence-electron chi connectivity index (χ0n) is 13.0. The molecule has 0 aliphatic carbocycles. The van der Waals surface area contributed by atoms with Crippen molar-refractivity contribution in [2.45, 2.75) is 18.0 Å². The van der Waals surface area contributed by atoms with Gasteiger partial charge in [-0.3, -0.25) is 0 Å². The van der Waals surface area contributed by atoms with Crippen LogP contribution < -0.4 is 0 Å². The fraction of sp³-hybridized carbons (Fsp3) is 0.118. The van der Waals surface area contributed by atoms with Crippen LogP contribution in [0, 0.1) is 5.82 Å². The van der Waals surface area contributed by atoms with Crippen molar-refractivity contribution >= 4 is 21.6 Å². The molecule has 130 valence electrons. The van der Waals surface area contributed by atoms with E-state index in [9.17, 15) is 12.8 Å². The van der Waals surface area contributed by atoms with Crippen LogP contribution in [-0.2, 0) is 23.1 Å². The molecule has 25 heavy (non-hydrogen) atoms. The van der Waals surface area contributed by atoms with Gasteiger partial charge in [0.1, 0.15) is 21.6 Å². The number of benzene rings is 1. The fourth-order valence-electron chi connectivity index (χ4n) is 2.26. The first-order valence-electron chi connectivity index (χ1n) is 7.34. The van der Waals surface area contributed by atoms with Crippen LogP contribution >= 0.6 is 11.6 Å². The maximum atomic E-state index is 13.1. The first kappa shape index (κ1) is 17.6. The molecule has 0 bridgehead atoms. The van der Waals surface area contributed by atoms with Crippen LogP contribution in [0.3, 0.4) is 0 Å². The Hall–Kier alpha value is -2.22. The molecule has 5 nitrogen and oxygen atoms in total. The van der Waals surface area contributed by atoms with Gasteiger partial charge in [-0.25, -0.2) is 17.8 Å². The fourth-order valence-corrected chi connectivity index (χ4v) is 3.71. The summed E-state index contributed by atoms with van der Waals surface area (Å²) in [4.78, 5) is 3.85. The number of aromatic nitrogens is 1. The Morgan fingerprint density at radius 3 is 2.44 bits per heavy atom. The van der Waals surface area contributed by atoms with E-state index < -0.39 is 10.0 Å². The number of rotatable bonds is 6. The Morgan fingerprint density at radius 1 is 1.08 bits per heavy atom. The second-order valence-corrected chi connectivity index (χ2v) is 7.62. The normalized spacial score (nSPS) is 11.8. The molecule has 0 saturated carbocycles. The molecular formula is C17H14ClFN2O3S. The maximum Gasteiger partial charge on any atom is 0.245 e. The summed E-state index contributed by atoms with van der Waals surface area (Å²) in [7, 11) is -3.84. The minimum Gasteiger partial charge on any atom is -0.468 e. The van der Waals surface area contributed by atoms with E-state index in [2.05, 4.69) is 4.98 Å². The molecule has 0 fully saturated rings. The molecule has 0 spiro atoms. The summed E-state index contributed by atoms with van der Waals surface area (Å²) < 4.78 is 45.5. The van der Waals surface area contributed by atoms with Crippen molar-refractivity contribution in [2.75, 3.05) is 0 Å². The molecule has 2 aromatic heterocycles. The molecule has 0 N–H and O–H groups in total. The number of hydrogen-bond acceptors (Lipinski definition) is 4. The van der Waals surface area contributed by atoms with Crippen molar-refractivity contribution < 1.29 is 17.2 Å². The molecule has 2 heterocycles. The summed E-state index contributed by atoms with van der Waals surface area (Å²) in [6.07, 6.45) is 2.68. The smallest absolute Gasteiger partial charge is 0.245 e. The van der Waals surface area contributed by atoms with Gasteiger partial charge in [-0.1, -0.05) is 23.7 Å². The minimum absolute atomic E-state index is 0.0190. The lowest BCUT2D eigenvalue weighted by Gasteiger charge is -2.21. The molecule has 8 heteroatoms. The first-order chi connectivity index (χ1) is 11.9. The molecule has 3 rings (SSSR count). The Kier molecular flexibility index (Phi) is 5.17. The first-order valence-corrected chi connectivity index (χ1v) is 9.15. The highest BCUT2D eigenvalue weighted by Crippen LogP contribution is 2.22. The van der Waals surface area contributed by atoms with Crippen LogP contribution in [0.1, 0.15) is 11.3 Å². The van der Waals surface area contributed by atoms with Gasteiger partial charge in [0.2, 0.25) is 10.0 Å². The van der Waals surface area contributed by atoms with Crippen molar-refractivity contribution in [3.63, 3.8) is 0 Å². The van der Waals surface area contributed by atoms with Gasteiger partial charge >= 0.3 is 0 Å². The van der Waals surface area contributed by atoms with Gasteiger partial charge in [0.05, 0.1) is 12.8 Å². The van der Waals surface area contributed by atoms with Crippen molar-refractivity contribution in [2.24, 2.45) is 0 Å². The molecule has 0 aliphatic rings. The van der Waals surface area contributed by atoms with Gasteiger partial charge in [0, 0.05) is 12.7 Å². The summed E-state index contributed by atoms with van der Waals surface area (Å²) >= 11 is 5.73. The van der Waals surface area contributed by atoms with Crippen LogP contribution in [0.25, 0.3) is 0 Å². The van der Waals surface area contributed by atoms with Crippen LogP contribution in [0.2, 0.25) is 5.15 Å². The lowest BCUT2D eigenvalue weighted by molar-refractivity contribution is 0.358. The Labute approximate surface area is 149 Å². The summed E-state index contributed by atoms with van der Waals surface area (Å²) in [5, 5.41) is 0.204. The van der Waals surface area contributed by atoms with Gasteiger partial charge in [-0.2, -0.15) is 4.31 Å². The zero-order valence-corrected chi connectivity index (χ0v) is 14.5. The van der Waals surface area contributed by atoms with Crippen molar-refractivity contribution in [3.8, 4) is 0 Å². The number of hydrogen-bond donors (Lipinski definition) is 0. The average molecular weight is 381 g/mol. The van der Waals surface area contributed by atoms with Crippen molar-refractivity contribution in [1.29, 1.82) is 0 Å². The second-order valence-electron chi connectivity index (χ2n) is 5.30. The van der Waals surface area contributed by atoms with E-state index in [1.165, 1.54) is 41.0 Å². The number of halogens is 2. The number of pyridine rings is 1. The van der Waals surface area contributed by atoms with E-state index in [0.717, 1.165) is 0 Å². The highest BCUT2D eigenvalue weighted by molar-refractivity contribution is 7.89. The molecule has 0 unspecified atom stereocenters. The summed E-state index contributed by atoms with van der Waals surface area (Å²) in [5.41, 5.74) is 0.651. The van der Waals surface area contributed by atoms with Crippen LogP contribution in [0.5, 0.6) is 0 Å². The van der Waals surface area contributed by atoms with Gasteiger partial charge in [-0.15, -0.1) is 0 Å². The Morgan fingerprint density at radius 2 is 1.84 bits per heavy atom. The van der Waals surface area contributed by atoms with E-state index in [-0.39, 0.29) is 29.0 Å². The SMILES string of the molecule is O=S(=O)(c1ccc(Cl)nc1)N(Cc1ccc(F)cc1)Cc1ccco1. The highest BCUT2D eigenvalue weighted by Gasteiger charge is 2.26. The van der Waals surface area contributed by atoms with Crippen molar-refractivity contribution in [1.82, 2.24) is 9.29 Å². The molecule has 0 aliphatic heterocycles. The zero-order chi connectivity index (χ0) is 17.9. The van der Waals surface area contributed by atoms with E-state index in [1.807, 2.05) is 0 Å². The van der Waals surface area contributed by atoms with Crippen LogP contribution in [0.4, 0.5) is 4.39 Å². The minimum atomic E-state index is -3.84. The van der Waals surface area contributed by atoms with E-state index >= 15 is 0 Å². The molecule has 0 saturated heterocycles. The monoisotopic (exact) mass is 380 g/mol. The second kappa shape index (κ2) is 7.35. The van der Waals surface area contributed by atoms with Crippen LogP contribution in [0.15, 0.2) is 70.3 Å². The summed E-state index contributed by atoms with van der Waals surface area (Å²) in [6, 6.07) is 11.8. The van der Waals surface area contributed by atoms with Gasteiger partial charge in [0.15, 0.2) is 0 Å². The van der Waals surface area contributed by atoms with Gasteiger partial charge < -0.3 is 4.42 Å². The van der Waals surface area contributed by atoms with E-state index in [0.29, 0.717) is 11.3 Å². The van der Waals surface area contributed by atoms with Crippen molar-refractivity contribution in [3.05, 3.63) is 83.3 Å². The Balaban J connectivity index is 1.94. The van der Waals surface area contributed by atoms with E-state index in [4.69, 9.17) is 16.0 Å². The molecular weight excluding hydrogens is 367 g/mol. The third kappa shape index (κ3) is 4.25. The molecule has 0 radical (unpaired) electrons. The van der Waals surface area contributed by atoms with E-state index in [1.54, 1.807) is 24.3 Å². The quantitative estimate of drug-likeness (QED) is 0.609. The molecule has 0 amide bonds. The number of furan rings is 1. The largest absolute Gasteiger partial charge is 0.468 e. The number of sulfonamides is 1. The summed E-state index contributed by atoms with van der Waals surface area (Å²) in [6.45, 7) is 0.0985. The lowest BCUT2D eigenvalue weighted by Crippen LogP contribution is -2.30. The maximum absolute atomic E-state index is 13.1. The third-order valence-corrected chi connectivity index (χ3v) is 5.52. The Bertz CT molecular complexity index is 927. The standard InChI is InChI=1S/C17H14ClFN2O3S/c18-17-8-7-16(10-20-17)25(22,23)21(12-15-2-1-9-24-15)11-13-3-5-14(19)6-4-13/h1-10H,11-12H2. The van der Waals surface area contributed by atoms with Gasteiger partial charge in [-0.05, 0) is 42.0 Å². The third-order valence-electron chi connectivity index (χ3n) is 3.52.